The van der Waals surface area contributed by atoms with Crippen LogP contribution in [0.3, 0.4) is 0 Å². The first kappa shape index (κ1) is 11.2. The molecule has 2 nitrogen and oxygen atoms in total. The zero-order chi connectivity index (χ0) is 11.5. The van der Waals surface area contributed by atoms with Gasteiger partial charge in [-0.3, -0.25) is 4.98 Å². The molecule has 1 aromatic heterocycles. The van der Waals surface area contributed by atoms with Crippen LogP contribution in [0, 0.1) is 0 Å². The third-order valence-corrected chi connectivity index (χ3v) is 2.89. The normalized spacial score (nSPS) is 20.1. The molecular weight excluding hydrogens is 222 g/mol. The van der Waals surface area contributed by atoms with E-state index in [0.717, 1.165) is 17.7 Å². The lowest BCUT2D eigenvalue weighted by atomic mass is 9.89. The molecule has 0 saturated heterocycles. The van der Waals surface area contributed by atoms with Crippen molar-refractivity contribution in [2.45, 2.75) is 19.3 Å². The smallest absolute Gasteiger partial charge is 0.115 e. The van der Waals surface area contributed by atoms with Gasteiger partial charge in [0.1, 0.15) is 5.76 Å². The molecule has 1 aliphatic carbocycles. The monoisotopic (exact) mass is 235 g/mol. The minimum absolute atomic E-state index is 0.311. The van der Waals surface area contributed by atoms with E-state index >= 15 is 0 Å². The summed E-state index contributed by atoms with van der Waals surface area (Å²) in [6.45, 7) is 2.11. The van der Waals surface area contributed by atoms with E-state index in [1.54, 1.807) is 13.3 Å². The summed E-state index contributed by atoms with van der Waals surface area (Å²) in [7, 11) is 1.69. The number of rotatable bonds is 2. The van der Waals surface area contributed by atoms with Gasteiger partial charge in [0.2, 0.25) is 0 Å². The van der Waals surface area contributed by atoms with Gasteiger partial charge in [-0.1, -0.05) is 17.2 Å². The average Bonchev–Trinajstić information content (AvgIpc) is 2.28. The second-order valence-corrected chi connectivity index (χ2v) is 4.45. The highest BCUT2D eigenvalue weighted by Gasteiger charge is 2.16. The molecule has 0 N–H and O–H groups in total. The number of methoxy groups -OCH3 is 1. The predicted molar refractivity (Wildman–Crippen MR) is 65.5 cm³/mol. The van der Waals surface area contributed by atoms with Gasteiger partial charge < -0.3 is 4.74 Å². The fraction of sp³-hybridized carbons (Fsp3) is 0.308. The molecule has 0 bridgehead atoms. The number of ether oxygens (including phenoxy) is 1. The first-order chi connectivity index (χ1) is 7.69. The van der Waals surface area contributed by atoms with E-state index in [1.165, 1.54) is 5.57 Å². The summed E-state index contributed by atoms with van der Waals surface area (Å²) in [5.41, 5.74) is 2.44. The molecule has 0 radical (unpaired) electrons. The second kappa shape index (κ2) is 4.71. The topological polar surface area (TPSA) is 22.1 Å². The molecule has 3 heteroatoms. The number of nitrogens with zero attached hydrogens (tertiary/aromatic N) is 1. The van der Waals surface area contributed by atoms with Crippen molar-refractivity contribution in [3.8, 4) is 0 Å². The molecule has 1 atom stereocenters. The van der Waals surface area contributed by atoms with Crippen molar-refractivity contribution < 1.29 is 4.74 Å². The highest BCUT2D eigenvalue weighted by atomic mass is 35.5. The van der Waals surface area contributed by atoms with Crippen LogP contribution in [-0.4, -0.2) is 12.1 Å². The van der Waals surface area contributed by atoms with Crippen LogP contribution >= 0.6 is 11.6 Å². The molecule has 1 unspecified atom stereocenters. The van der Waals surface area contributed by atoms with E-state index in [1.807, 2.05) is 12.3 Å². The van der Waals surface area contributed by atoms with Crippen molar-refractivity contribution in [3.63, 3.8) is 0 Å². The fourth-order valence-corrected chi connectivity index (χ4v) is 2.11. The Balaban J connectivity index is 2.29. The van der Waals surface area contributed by atoms with Gasteiger partial charge in [0.05, 0.1) is 12.1 Å². The molecule has 1 heterocycles. The van der Waals surface area contributed by atoms with Crippen LogP contribution in [0.25, 0.3) is 0 Å². The summed E-state index contributed by atoms with van der Waals surface area (Å²) >= 11 is 5.94. The van der Waals surface area contributed by atoms with Gasteiger partial charge in [0.25, 0.3) is 0 Å². The Morgan fingerprint density at radius 2 is 2.25 bits per heavy atom. The Bertz CT molecular complexity index is 451. The number of pyridine rings is 1. The van der Waals surface area contributed by atoms with Gasteiger partial charge in [-0.25, -0.2) is 0 Å². The summed E-state index contributed by atoms with van der Waals surface area (Å²) in [4.78, 5) is 4.11. The molecule has 0 aromatic carbocycles. The number of aromatic nitrogens is 1. The van der Waals surface area contributed by atoms with Crippen LogP contribution in [0.4, 0.5) is 0 Å². The van der Waals surface area contributed by atoms with Gasteiger partial charge in [-0.05, 0) is 37.1 Å². The van der Waals surface area contributed by atoms with Crippen LogP contribution in [0.1, 0.15) is 24.8 Å². The zero-order valence-electron chi connectivity index (χ0n) is 9.40. The Labute approximate surface area is 101 Å². The molecular formula is C13H14ClNO. The Morgan fingerprint density at radius 3 is 2.94 bits per heavy atom. The maximum Gasteiger partial charge on any atom is 0.115 e. The lowest BCUT2D eigenvalue weighted by Crippen LogP contribution is -2.04. The SMILES string of the molecule is COC1=CC(c2cncc(Cl)c2)CC(C)=C1. The molecule has 16 heavy (non-hydrogen) atoms. The lowest BCUT2D eigenvalue weighted by molar-refractivity contribution is 0.301. The first-order valence-electron chi connectivity index (χ1n) is 5.22. The number of halogens is 1. The van der Waals surface area contributed by atoms with Crippen molar-refractivity contribution in [1.82, 2.24) is 4.98 Å². The lowest BCUT2D eigenvalue weighted by Gasteiger charge is -2.19. The molecule has 0 amide bonds. The maximum absolute atomic E-state index is 5.94. The zero-order valence-corrected chi connectivity index (χ0v) is 10.2. The third kappa shape index (κ3) is 2.45. The predicted octanol–water partition coefficient (Wildman–Crippen LogP) is 3.70. The largest absolute Gasteiger partial charge is 0.497 e. The minimum atomic E-state index is 0.311. The van der Waals surface area contributed by atoms with Crippen LogP contribution in [-0.2, 0) is 4.74 Å². The van der Waals surface area contributed by atoms with Gasteiger partial charge in [0, 0.05) is 18.3 Å². The second-order valence-electron chi connectivity index (χ2n) is 4.01. The van der Waals surface area contributed by atoms with Crippen molar-refractivity contribution in [3.05, 3.63) is 52.5 Å². The van der Waals surface area contributed by atoms with E-state index in [9.17, 15) is 0 Å². The van der Waals surface area contributed by atoms with Gasteiger partial charge in [-0.2, -0.15) is 0 Å². The van der Waals surface area contributed by atoms with Crippen molar-refractivity contribution >= 4 is 11.6 Å². The highest BCUT2D eigenvalue weighted by Crippen LogP contribution is 2.31. The summed E-state index contributed by atoms with van der Waals surface area (Å²) in [5.74, 6) is 1.22. The van der Waals surface area contributed by atoms with Gasteiger partial charge >= 0.3 is 0 Å². The Morgan fingerprint density at radius 1 is 1.44 bits per heavy atom. The number of allylic oxidation sites excluding steroid dienone is 3. The van der Waals surface area contributed by atoms with E-state index in [0.29, 0.717) is 10.9 Å². The average molecular weight is 236 g/mol. The van der Waals surface area contributed by atoms with Crippen molar-refractivity contribution in [1.29, 1.82) is 0 Å². The molecule has 84 valence electrons. The van der Waals surface area contributed by atoms with Crippen LogP contribution < -0.4 is 0 Å². The Kier molecular flexibility index (Phi) is 3.30. The van der Waals surface area contributed by atoms with E-state index in [2.05, 4.69) is 24.1 Å². The van der Waals surface area contributed by atoms with E-state index in [-0.39, 0.29) is 0 Å². The molecule has 1 aromatic rings. The third-order valence-electron chi connectivity index (χ3n) is 2.69. The number of hydrogen-bond acceptors (Lipinski definition) is 2. The van der Waals surface area contributed by atoms with E-state index in [4.69, 9.17) is 16.3 Å². The molecule has 0 aliphatic heterocycles. The van der Waals surface area contributed by atoms with Crippen LogP contribution in [0.15, 0.2) is 41.9 Å². The van der Waals surface area contributed by atoms with E-state index < -0.39 is 0 Å². The van der Waals surface area contributed by atoms with Gasteiger partial charge in [0.15, 0.2) is 0 Å². The standard InChI is InChI=1S/C13H14ClNO/c1-9-3-10(6-13(4-9)16-2)11-5-12(14)8-15-7-11/h4-8,10H,3H2,1-2H3. The maximum atomic E-state index is 5.94. The summed E-state index contributed by atoms with van der Waals surface area (Å²) < 4.78 is 5.27. The van der Waals surface area contributed by atoms with Gasteiger partial charge in [-0.15, -0.1) is 0 Å². The van der Waals surface area contributed by atoms with Crippen molar-refractivity contribution in [2.24, 2.45) is 0 Å². The minimum Gasteiger partial charge on any atom is -0.497 e. The summed E-state index contributed by atoms with van der Waals surface area (Å²) in [6, 6.07) is 1.96. The first-order valence-corrected chi connectivity index (χ1v) is 5.60. The fourth-order valence-electron chi connectivity index (χ4n) is 1.93. The van der Waals surface area contributed by atoms with Crippen LogP contribution in [0.5, 0.6) is 0 Å². The molecule has 0 spiro atoms. The quantitative estimate of drug-likeness (QED) is 0.780. The highest BCUT2D eigenvalue weighted by molar-refractivity contribution is 6.30. The molecule has 1 aliphatic rings. The van der Waals surface area contributed by atoms with Crippen molar-refractivity contribution in [2.75, 3.05) is 7.11 Å². The molecule has 0 fully saturated rings. The summed E-state index contributed by atoms with van der Waals surface area (Å²) in [6.07, 6.45) is 8.68. The number of hydrogen-bond donors (Lipinski definition) is 0. The van der Waals surface area contributed by atoms with Crippen LogP contribution in [0.2, 0.25) is 5.02 Å². The molecule has 2 rings (SSSR count). The molecule has 0 saturated carbocycles. The Hall–Kier alpha value is -1.28. The summed E-state index contributed by atoms with van der Waals surface area (Å²) in [5, 5.41) is 0.678.